The molecule has 0 unspecified atom stereocenters. The van der Waals surface area contributed by atoms with Crippen LogP contribution in [0.2, 0.25) is 0 Å². The summed E-state index contributed by atoms with van der Waals surface area (Å²) in [4.78, 5) is 18.9. The number of hydrogen-bond donors (Lipinski definition) is 0. The number of aryl methyl sites for hydroxylation is 1. The second kappa shape index (κ2) is 5.25. The minimum Gasteiger partial charge on any atom is -0.337 e. The van der Waals surface area contributed by atoms with Crippen molar-refractivity contribution in [3.63, 3.8) is 0 Å². The second-order valence-electron chi connectivity index (χ2n) is 4.03. The number of rotatable bonds is 5. The maximum absolute atomic E-state index is 11.9. The molecule has 4 nitrogen and oxygen atoms in total. The first kappa shape index (κ1) is 12.0. The Morgan fingerprint density at radius 3 is 3.00 bits per heavy atom. The van der Waals surface area contributed by atoms with Crippen LogP contribution in [0.4, 0.5) is 0 Å². The molecule has 0 spiro atoms. The summed E-state index contributed by atoms with van der Waals surface area (Å²) >= 11 is 1.49. The normalized spacial score (nSPS) is 11.0. The molecule has 0 saturated heterocycles. The molecule has 2 rings (SSSR count). The van der Waals surface area contributed by atoms with Gasteiger partial charge in [0, 0.05) is 19.4 Å². The summed E-state index contributed by atoms with van der Waals surface area (Å²) < 4.78 is 1.96. The minimum atomic E-state index is 0.164. The van der Waals surface area contributed by atoms with Crippen LogP contribution in [0.15, 0.2) is 29.9 Å². The molecule has 0 fully saturated rings. The van der Waals surface area contributed by atoms with E-state index in [9.17, 15) is 4.79 Å². The smallest absolute Gasteiger partial charge is 0.186 e. The van der Waals surface area contributed by atoms with Gasteiger partial charge in [-0.3, -0.25) is 9.69 Å². The number of thiophene rings is 1. The van der Waals surface area contributed by atoms with E-state index < -0.39 is 0 Å². The van der Waals surface area contributed by atoms with Gasteiger partial charge in [-0.05, 0) is 18.5 Å². The number of nitrogens with zero attached hydrogens (tertiary/aromatic N) is 3. The van der Waals surface area contributed by atoms with Gasteiger partial charge in [-0.1, -0.05) is 6.07 Å². The van der Waals surface area contributed by atoms with Crippen molar-refractivity contribution in [2.24, 2.45) is 7.05 Å². The van der Waals surface area contributed by atoms with Gasteiger partial charge in [-0.2, -0.15) is 0 Å². The zero-order chi connectivity index (χ0) is 12.3. The summed E-state index contributed by atoms with van der Waals surface area (Å²) in [5, 5.41) is 1.92. The summed E-state index contributed by atoms with van der Waals surface area (Å²) in [6.45, 7) is 1.11. The van der Waals surface area contributed by atoms with Crippen molar-refractivity contribution in [1.29, 1.82) is 0 Å². The molecule has 0 saturated carbocycles. The number of likely N-dealkylation sites (N-methyl/N-ethyl adjacent to an activating group) is 1. The van der Waals surface area contributed by atoms with Crippen LogP contribution in [0.25, 0.3) is 0 Å². The van der Waals surface area contributed by atoms with Crippen molar-refractivity contribution in [3.05, 3.63) is 40.6 Å². The Morgan fingerprint density at radius 1 is 1.59 bits per heavy atom. The Morgan fingerprint density at radius 2 is 2.41 bits per heavy atom. The van der Waals surface area contributed by atoms with E-state index in [1.165, 1.54) is 11.3 Å². The predicted octanol–water partition coefficient (Wildman–Crippen LogP) is 1.80. The zero-order valence-electron chi connectivity index (χ0n) is 9.96. The monoisotopic (exact) mass is 249 g/mol. The van der Waals surface area contributed by atoms with Crippen LogP contribution < -0.4 is 0 Å². The molecule has 0 radical (unpaired) electrons. The van der Waals surface area contributed by atoms with Gasteiger partial charge in [0.25, 0.3) is 0 Å². The van der Waals surface area contributed by atoms with Crippen LogP contribution in [0.1, 0.15) is 15.5 Å². The first-order valence-corrected chi connectivity index (χ1v) is 6.26. The molecule has 2 aromatic rings. The van der Waals surface area contributed by atoms with Crippen LogP contribution in [-0.4, -0.2) is 33.8 Å². The highest BCUT2D eigenvalue weighted by atomic mass is 32.1. The number of carbonyl (C=O) groups excluding carboxylic acids is 1. The SMILES string of the molecule is CN(CC(=O)c1cccs1)Cc1nccn1C. The lowest BCUT2D eigenvalue weighted by molar-refractivity contribution is 0.0945. The maximum Gasteiger partial charge on any atom is 0.186 e. The van der Waals surface area contributed by atoms with Crippen molar-refractivity contribution >= 4 is 17.1 Å². The fraction of sp³-hybridized carbons (Fsp3) is 0.333. The van der Waals surface area contributed by atoms with Crippen molar-refractivity contribution in [2.45, 2.75) is 6.54 Å². The number of ketones is 1. The molecule has 0 N–H and O–H groups in total. The van der Waals surface area contributed by atoms with Gasteiger partial charge < -0.3 is 4.57 Å². The molecule has 0 aliphatic carbocycles. The molecule has 5 heteroatoms. The van der Waals surface area contributed by atoms with Crippen molar-refractivity contribution in [3.8, 4) is 0 Å². The highest BCUT2D eigenvalue weighted by Crippen LogP contribution is 2.10. The number of hydrogen-bond acceptors (Lipinski definition) is 4. The van der Waals surface area contributed by atoms with Gasteiger partial charge in [-0.25, -0.2) is 4.98 Å². The van der Waals surface area contributed by atoms with E-state index in [4.69, 9.17) is 0 Å². The topological polar surface area (TPSA) is 38.1 Å². The summed E-state index contributed by atoms with van der Waals surface area (Å²) in [5.74, 6) is 1.13. The number of Topliss-reactive ketones (excluding diaryl/α,β-unsaturated/α-hetero) is 1. The van der Waals surface area contributed by atoms with E-state index in [1.807, 2.05) is 47.3 Å². The summed E-state index contributed by atoms with van der Waals surface area (Å²) in [6, 6.07) is 3.76. The fourth-order valence-electron chi connectivity index (χ4n) is 1.61. The van der Waals surface area contributed by atoms with E-state index in [1.54, 1.807) is 6.20 Å². The minimum absolute atomic E-state index is 0.164. The quantitative estimate of drug-likeness (QED) is 0.758. The summed E-state index contributed by atoms with van der Waals surface area (Å²) in [5.41, 5.74) is 0. The molecule has 2 heterocycles. The average molecular weight is 249 g/mol. The molecule has 0 aromatic carbocycles. The molecule has 0 aliphatic rings. The molecular formula is C12H15N3OS. The predicted molar refractivity (Wildman–Crippen MR) is 68.2 cm³/mol. The third kappa shape index (κ3) is 3.01. The molecule has 17 heavy (non-hydrogen) atoms. The number of carbonyl (C=O) groups is 1. The van der Waals surface area contributed by atoms with Gasteiger partial charge in [-0.15, -0.1) is 11.3 Å². The fourth-order valence-corrected chi connectivity index (χ4v) is 2.26. The molecule has 0 atom stereocenters. The lowest BCUT2D eigenvalue weighted by Crippen LogP contribution is -2.26. The van der Waals surface area contributed by atoms with Crippen molar-refractivity contribution in [1.82, 2.24) is 14.5 Å². The Balaban J connectivity index is 1.92. The number of imidazole rings is 1. The molecule has 0 aliphatic heterocycles. The summed E-state index contributed by atoms with van der Waals surface area (Å²) in [6.07, 6.45) is 3.68. The first-order chi connectivity index (χ1) is 8.16. The Hall–Kier alpha value is -1.46. The summed E-state index contributed by atoms with van der Waals surface area (Å²) in [7, 11) is 3.89. The largest absolute Gasteiger partial charge is 0.337 e. The Kier molecular flexibility index (Phi) is 3.71. The lowest BCUT2D eigenvalue weighted by atomic mass is 10.3. The van der Waals surface area contributed by atoms with Crippen LogP contribution >= 0.6 is 11.3 Å². The first-order valence-electron chi connectivity index (χ1n) is 5.38. The Bertz CT molecular complexity index is 490. The molecule has 0 bridgehead atoms. The van der Waals surface area contributed by atoms with E-state index in [0.717, 1.165) is 10.7 Å². The van der Waals surface area contributed by atoms with Crippen LogP contribution in [0.5, 0.6) is 0 Å². The third-order valence-electron chi connectivity index (χ3n) is 2.54. The van der Waals surface area contributed by atoms with E-state index in [2.05, 4.69) is 4.98 Å². The molecular weight excluding hydrogens is 234 g/mol. The van der Waals surface area contributed by atoms with Crippen molar-refractivity contribution < 1.29 is 4.79 Å². The maximum atomic E-state index is 11.9. The molecule has 90 valence electrons. The standard InChI is InChI=1S/C12H15N3OS/c1-14(9-12-13-5-6-15(12)2)8-10(16)11-4-3-7-17-11/h3-7H,8-9H2,1-2H3. The lowest BCUT2D eigenvalue weighted by Gasteiger charge is -2.14. The van der Waals surface area contributed by atoms with Crippen LogP contribution in [-0.2, 0) is 13.6 Å². The molecule has 0 amide bonds. The zero-order valence-corrected chi connectivity index (χ0v) is 10.8. The number of aromatic nitrogens is 2. The van der Waals surface area contributed by atoms with Gasteiger partial charge in [0.1, 0.15) is 5.82 Å². The van der Waals surface area contributed by atoms with E-state index >= 15 is 0 Å². The van der Waals surface area contributed by atoms with Gasteiger partial charge in [0.05, 0.1) is 18.0 Å². The van der Waals surface area contributed by atoms with Crippen LogP contribution in [0.3, 0.4) is 0 Å². The second-order valence-corrected chi connectivity index (χ2v) is 4.97. The van der Waals surface area contributed by atoms with Gasteiger partial charge in [0.15, 0.2) is 5.78 Å². The highest BCUT2D eigenvalue weighted by molar-refractivity contribution is 7.12. The highest BCUT2D eigenvalue weighted by Gasteiger charge is 2.11. The van der Waals surface area contributed by atoms with Gasteiger partial charge >= 0.3 is 0 Å². The van der Waals surface area contributed by atoms with E-state index in [-0.39, 0.29) is 5.78 Å². The molecule has 2 aromatic heterocycles. The third-order valence-corrected chi connectivity index (χ3v) is 3.45. The van der Waals surface area contributed by atoms with Gasteiger partial charge in [0.2, 0.25) is 0 Å². The van der Waals surface area contributed by atoms with Crippen molar-refractivity contribution in [2.75, 3.05) is 13.6 Å². The average Bonchev–Trinajstić information content (AvgIpc) is 2.90. The van der Waals surface area contributed by atoms with Crippen LogP contribution in [0, 0.1) is 0 Å². The Labute approximate surface area is 105 Å². The van der Waals surface area contributed by atoms with E-state index in [0.29, 0.717) is 13.1 Å².